The van der Waals surface area contributed by atoms with Crippen LogP contribution in [0.2, 0.25) is 0 Å². The Labute approximate surface area is 150 Å². The van der Waals surface area contributed by atoms with Gasteiger partial charge < -0.3 is 5.73 Å². The van der Waals surface area contributed by atoms with E-state index in [2.05, 4.69) is 48.7 Å². The second-order valence-corrected chi connectivity index (χ2v) is 7.47. The number of carbonyl (C=O) groups excluding carboxylic acids is 2. The molecule has 0 unspecified atom stereocenters. The third kappa shape index (κ3) is 5.56. The van der Waals surface area contributed by atoms with Crippen molar-refractivity contribution in [3.63, 3.8) is 0 Å². The average molecular weight is 345 g/mol. The number of amides is 3. The second-order valence-electron chi connectivity index (χ2n) is 7.47. The third-order valence-corrected chi connectivity index (χ3v) is 5.11. The third-order valence-electron chi connectivity index (χ3n) is 5.11. The zero-order valence-corrected chi connectivity index (χ0v) is 15.5. The van der Waals surface area contributed by atoms with E-state index in [0.717, 1.165) is 5.56 Å². The maximum atomic E-state index is 11.9. The molecule has 0 saturated heterocycles. The highest BCUT2D eigenvalue weighted by Gasteiger charge is 2.23. The van der Waals surface area contributed by atoms with Crippen LogP contribution in [0.15, 0.2) is 24.3 Å². The molecule has 5 nitrogen and oxygen atoms in total. The predicted molar refractivity (Wildman–Crippen MR) is 100 cm³/mol. The summed E-state index contributed by atoms with van der Waals surface area (Å²) in [6, 6.07) is 7.51. The molecular formula is C20H31N3O2. The summed E-state index contributed by atoms with van der Waals surface area (Å²) < 4.78 is 0. The molecule has 5 heteroatoms. The normalized spacial score (nSPS) is 17.9. The number of nitrogens with two attached hydrogens (primary N) is 1. The monoisotopic (exact) mass is 345 g/mol. The minimum atomic E-state index is -0.823. The van der Waals surface area contributed by atoms with Gasteiger partial charge in [-0.05, 0) is 42.7 Å². The van der Waals surface area contributed by atoms with Gasteiger partial charge in [-0.3, -0.25) is 15.4 Å². The van der Waals surface area contributed by atoms with Crippen LogP contribution in [0.25, 0.3) is 0 Å². The van der Waals surface area contributed by atoms with Crippen molar-refractivity contribution in [3.8, 4) is 0 Å². The zero-order chi connectivity index (χ0) is 18.4. The number of rotatable bonds is 6. The van der Waals surface area contributed by atoms with Gasteiger partial charge in [-0.25, -0.2) is 4.79 Å². The Bertz CT molecular complexity index is 577. The lowest BCUT2D eigenvalue weighted by atomic mass is 9.83. The Hall–Kier alpha value is -1.88. The molecule has 4 N–H and O–H groups in total. The Balaban J connectivity index is 2.06. The fourth-order valence-electron chi connectivity index (χ4n) is 3.66. The number of hydrogen-bond donors (Lipinski definition) is 3. The minimum absolute atomic E-state index is 0.0361. The molecule has 0 bridgehead atoms. The van der Waals surface area contributed by atoms with Crippen molar-refractivity contribution in [3.05, 3.63) is 35.4 Å². The lowest BCUT2D eigenvalue weighted by Crippen LogP contribution is -2.48. The molecule has 1 aromatic carbocycles. The molecule has 1 aliphatic rings. The van der Waals surface area contributed by atoms with Crippen LogP contribution in [0.4, 0.5) is 4.79 Å². The molecule has 0 aromatic heterocycles. The van der Waals surface area contributed by atoms with E-state index in [4.69, 9.17) is 5.73 Å². The Kier molecular flexibility index (Phi) is 7.00. The van der Waals surface area contributed by atoms with E-state index in [0.29, 0.717) is 11.8 Å². The van der Waals surface area contributed by atoms with Crippen LogP contribution in [0.3, 0.4) is 0 Å². The van der Waals surface area contributed by atoms with Crippen molar-refractivity contribution in [2.75, 3.05) is 0 Å². The molecule has 2 atom stereocenters. The van der Waals surface area contributed by atoms with Crippen LogP contribution in [-0.2, 0) is 4.79 Å². The summed E-state index contributed by atoms with van der Waals surface area (Å²) in [6.45, 7) is 5.97. The molecule has 0 spiro atoms. The Morgan fingerprint density at radius 2 is 1.64 bits per heavy atom. The second kappa shape index (κ2) is 8.99. The van der Waals surface area contributed by atoms with Crippen molar-refractivity contribution in [2.45, 2.75) is 70.9 Å². The first kappa shape index (κ1) is 19.4. The lowest BCUT2D eigenvalue weighted by Gasteiger charge is -2.27. The molecule has 1 saturated carbocycles. The van der Waals surface area contributed by atoms with E-state index in [-0.39, 0.29) is 6.04 Å². The molecule has 1 aliphatic carbocycles. The number of primary amides is 1. The first-order chi connectivity index (χ1) is 11.9. The van der Waals surface area contributed by atoms with Gasteiger partial charge >= 0.3 is 6.03 Å². The lowest BCUT2D eigenvalue weighted by molar-refractivity contribution is -0.121. The summed E-state index contributed by atoms with van der Waals surface area (Å²) in [6.07, 6.45) is 6.59. The molecule has 0 aliphatic heterocycles. The van der Waals surface area contributed by atoms with E-state index in [1.165, 1.54) is 37.7 Å². The van der Waals surface area contributed by atoms with Crippen LogP contribution < -0.4 is 16.4 Å². The van der Waals surface area contributed by atoms with Crippen molar-refractivity contribution in [1.29, 1.82) is 0 Å². The average Bonchev–Trinajstić information content (AvgIpc) is 2.59. The Morgan fingerprint density at radius 1 is 1.04 bits per heavy atom. The first-order valence-corrected chi connectivity index (χ1v) is 9.34. The van der Waals surface area contributed by atoms with E-state index >= 15 is 0 Å². The SMILES string of the molecule is CC(C)[C@@H](N[C@H](C)C(=O)NC(N)=O)c1ccc(C2CCCCC2)cc1. The van der Waals surface area contributed by atoms with Gasteiger partial charge in [0, 0.05) is 6.04 Å². The fraction of sp³-hybridized carbons (Fsp3) is 0.600. The highest BCUT2D eigenvalue weighted by molar-refractivity contribution is 5.96. The van der Waals surface area contributed by atoms with Gasteiger partial charge in [0.15, 0.2) is 0 Å². The molecule has 0 heterocycles. The quantitative estimate of drug-likeness (QED) is 0.736. The summed E-state index contributed by atoms with van der Waals surface area (Å²) in [7, 11) is 0. The fourth-order valence-corrected chi connectivity index (χ4v) is 3.66. The maximum Gasteiger partial charge on any atom is 0.318 e. The largest absolute Gasteiger partial charge is 0.351 e. The predicted octanol–water partition coefficient (Wildman–Crippen LogP) is 3.60. The van der Waals surface area contributed by atoms with Crippen LogP contribution in [0.5, 0.6) is 0 Å². The zero-order valence-electron chi connectivity index (χ0n) is 15.5. The number of imide groups is 1. The standard InChI is InChI=1S/C20H31N3O2/c1-13(2)18(22-14(3)19(24)23-20(21)25)17-11-9-16(10-12-17)15-7-5-4-6-8-15/h9-15,18,22H,4-8H2,1-3H3,(H3,21,23,24,25)/t14-,18-/m1/s1. The van der Waals surface area contributed by atoms with Crippen molar-refractivity contribution in [2.24, 2.45) is 11.7 Å². The highest BCUT2D eigenvalue weighted by Crippen LogP contribution is 2.33. The summed E-state index contributed by atoms with van der Waals surface area (Å²) >= 11 is 0. The van der Waals surface area contributed by atoms with Gasteiger partial charge in [0.2, 0.25) is 5.91 Å². The summed E-state index contributed by atoms with van der Waals surface area (Å²) in [5.41, 5.74) is 7.60. The molecule has 0 radical (unpaired) electrons. The van der Waals surface area contributed by atoms with E-state index < -0.39 is 18.0 Å². The van der Waals surface area contributed by atoms with Gasteiger partial charge in [-0.15, -0.1) is 0 Å². The van der Waals surface area contributed by atoms with Crippen LogP contribution >= 0.6 is 0 Å². The van der Waals surface area contributed by atoms with E-state index in [1.807, 2.05) is 0 Å². The molecular weight excluding hydrogens is 314 g/mol. The molecule has 25 heavy (non-hydrogen) atoms. The number of urea groups is 1. The van der Waals surface area contributed by atoms with Crippen molar-refractivity contribution in [1.82, 2.24) is 10.6 Å². The van der Waals surface area contributed by atoms with Crippen molar-refractivity contribution < 1.29 is 9.59 Å². The number of carbonyl (C=O) groups is 2. The summed E-state index contributed by atoms with van der Waals surface area (Å²) in [4.78, 5) is 22.8. The van der Waals surface area contributed by atoms with E-state index in [9.17, 15) is 9.59 Å². The minimum Gasteiger partial charge on any atom is -0.351 e. The molecule has 138 valence electrons. The Morgan fingerprint density at radius 3 is 2.16 bits per heavy atom. The maximum absolute atomic E-state index is 11.9. The van der Waals surface area contributed by atoms with Gasteiger partial charge in [-0.2, -0.15) is 0 Å². The molecule has 1 fully saturated rings. The topological polar surface area (TPSA) is 84.2 Å². The molecule has 1 aromatic rings. The van der Waals surface area contributed by atoms with Crippen LogP contribution in [0.1, 0.15) is 76.0 Å². The summed E-state index contributed by atoms with van der Waals surface area (Å²) in [5.74, 6) is 0.592. The van der Waals surface area contributed by atoms with Gasteiger partial charge in [0.1, 0.15) is 0 Å². The molecule has 2 rings (SSSR count). The molecule has 3 amide bonds. The first-order valence-electron chi connectivity index (χ1n) is 9.34. The van der Waals surface area contributed by atoms with Gasteiger partial charge in [0.05, 0.1) is 6.04 Å². The number of benzene rings is 1. The van der Waals surface area contributed by atoms with Crippen LogP contribution in [0, 0.1) is 5.92 Å². The number of nitrogens with one attached hydrogen (secondary N) is 2. The highest BCUT2D eigenvalue weighted by atomic mass is 16.2. The van der Waals surface area contributed by atoms with Gasteiger partial charge in [-0.1, -0.05) is 57.4 Å². The van der Waals surface area contributed by atoms with Gasteiger partial charge in [0.25, 0.3) is 0 Å². The number of hydrogen-bond acceptors (Lipinski definition) is 3. The summed E-state index contributed by atoms with van der Waals surface area (Å²) in [5, 5.41) is 5.44. The van der Waals surface area contributed by atoms with Crippen molar-refractivity contribution >= 4 is 11.9 Å². The van der Waals surface area contributed by atoms with Crippen LogP contribution in [-0.4, -0.2) is 18.0 Å². The van der Waals surface area contributed by atoms with E-state index in [1.54, 1.807) is 6.92 Å². The smallest absolute Gasteiger partial charge is 0.318 e.